The van der Waals surface area contributed by atoms with Gasteiger partial charge in [0, 0.05) is 30.9 Å². The van der Waals surface area contributed by atoms with E-state index in [0.717, 1.165) is 0 Å². The highest BCUT2D eigenvalue weighted by molar-refractivity contribution is 7.80. The van der Waals surface area contributed by atoms with E-state index in [1.54, 1.807) is 24.0 Å². The maximum atomic E-state index is 13.0. The summed E-state index contributed by atoms with van der Waals surface area (Å²) in [4.78, 5) is 25.4. The summed E-state index contributed by atoms with van der Waals surface area (Å²) in [5.74, 6) is -0.125. The molecule has 3 rings (SSSR count). The van der Waals surface area contributed by atoms with Crippen LogP contribution in [0.15, 0.2) is 35.5 Å². The first kappa shape index (κ1) is 17.3. The van der Waals surface area contributed by atoms with Crippen molar-refractivity contribution in [3.8, 4) is 0 Å². The van der Waals surface area contributed by atoms with Crippen molar-refractivity contribution in [2.75, 3.05) is 26.3 Å². The van der Waals surface area contributed by atoms with E-state index in [9.17, 15) is 14.9 Å². The normalized spacial score (nSPS) is 20.8. The predicted molar refractivity (Wildman–Crippen MR) is 94.8 cm³/mol. The molecular weight excluding hydrogens is 344 g/mol. The van der Waals surface area contributed by atoms with Gasteiger partial charge in [-0.3, -0.25) is 14.9 Å². The van der Waals surface area contributed by atoms with E-state index >= 15 is 0 Å². The molecule has 0 radical (unpaired) electrons. The molecule has 1 fully saturated rings. The SMILES string of the molecule is CC1=C(C(=O)N2CCOCC2)[C@H](c2cccc([N+](=O)[O-])c2)NC(=S)N1. The fourth-order valence-corrected chi connectivity index (χ4v) is 3.25. The number of carbonyl (C=O) groups excluding carboxylic acids is 1. The Labute approximate surface area is 150 Å². The van der Waals surface area contributed by atoms with Gasteiger partial charge in [-0.15, -0.1) is 0 Å². The van der Waals surface area contributed by atoms with Crippen molar-refractivity contribution in [1.29, 1.82) is 0 Å². The first-order chi connectivity index (χ1) is 12.0. The van der Waals surface area contributed by atoms with Crippen LogP contribution in [0.3, 0.4) is 0 Å². The van der Waals surface area contributed by atoms with Crippen LogP contribution < -0.4 is 10.6 Å². The lowest BCUT2D eigenvalue weighted by molar-refractivity contribution is -0.384. The van der Waals surface area contributed by atoms with Gasteiger partial charge in [0.1, 0.15) is 0 Å². The van der Waals surface area contributed by atoms with Crippen LogP contribution in [0, 0.1) is 10.1 Å². The van der Waals surface area contributed by atoms with Crippen LogP contribution in [0.25, 0.3) is 0 Å². The highest BCUT2D eigenvalue weighted by Gasteiger charge is 2.33. The second-order valence-corrected chi connectivity index (χ2v) is 6.24. The Bertz CT molecular complexity index is 758. The van der Waals surface area contributed by atoms with E-state index < -0.39 is 11.0 Å². The zero-order valence-electron chi connectivity index (χ0n) is 13.7. The van der Waals surface area contributed by atoms with Crippen molar-refractivity contribution in [2.45, 2.75) is 13.0 Å². The lowest BCUT2D eigenvalue weighted by atomic mass is 9.94. The van der Waals surface area contributed by atoms with Crippen LogP contribution in [0.4, 0.5) is 5.69 Å². The Morgan fingerprint density at radius 3 is 2.80 bits per heavy atom. The van der Waals surface area contributed by atoms with E-state index in [0.29, 0.717) is 48.2 Å². The number of allylic oxidation sites excluding steroid dienone is 1. The van der Waals surface area contributed by atoms with E-state index in [1.165, 1.54) is 12.1 Å². The highest BCUT2D eigenvalue weighted by atomic mass is 32.1. The molecule has 1 aromatic carbocycles. The molecule has 2 aliphatic rings. The third-order valence-electron chi connectivity index (χ3n) is 4.21. The molecule has 25 heavy (non-hydrogen) atoms. The molecule has 1 saturated heterocycles. The molecule has 2 N–H and O–H groups in total. The van der Waals surface area contributed by atoms with Gasteiger partial charge in [0.05, 0.1) is 29.8 Å². The Balaban J connectivity index is 1.99. The van der Waals surface area contributed by atoms with Crippen molar-refractivity contribution < 1.29 is 14.5 Å². The Hall–Kier alpha value is -2.52. The molecule has 1 amide bonds. The molecule has 0 saturated carbocycles. The summed E-state index contributed by atoms with van der Waals surface area (Å²) in [6, 6.07) is 5.70. The average molecular weight is 362 g/mol. The molecule has 9 heteroatoms. The number of nitrogens with one attached hydrogen (secondary N) is 2. The van der Waals surface area contributed by atoms with E-state index in [4.69, 9.17) is 17.0 Å². The minimum absolute atomic E-state index is 0.0282. The summed E-state index contributed by atoms with van der Waals surface area (Å²) in [6.45, 7) is 3.81. The Morgan fingerprint density at radius 1 is 1.40 bits per heavy atom. The van der Waals surface area contributed by atoms with Gasteiger partial charge in [-0.05, 0) is 24.7 Å². The van der Waals surface area contributed by atoms with Gasteiger partial charge in [0.15, 0.2) is 5.11 Å². The molecule has 8 nitrogen and oxygen atoms in total. The van der Waals surface area contributed by atoms with Gasteiger partial charge in [-0.25, -0.2) is 0 Å². The van der Waals surface area contributed by atoms with Crippen LogP contribution in [-0.2, 0) is 9.53 Å². The van der Waals surface area contributed by atoms with Crippen molar-refractivity contribution in [3.05, 3.63) is 51.2 Å². The first-order valence-electron chi connectivity index (χ1n) is 7.87. The van der Waals surface area contributed by atoms with Crippen LogP contribution in [0.2, 0.25) is 0 Å². The lowest BCUT2D eigenvalue weighted by Crippen LogP contribution is -2.49. The topological polar surface area (TPSA) is 96.7 Å². The average Bonchev–Trinajstić information content (AvgIpc) is 2.61. The van der Waals surface area contributed by atoms with Crippen molar-refractivity contribution in [1.82, 2.24) is 15.5 Å². The number of non-ortho nitro benzene ring substituents is 1. The van der Waals surface area contributed by atoms with Crippen LogP contribution in [-0.4, -0.2) is 47.1 Å². The van der Waals surface area contributed by atoms with Crippen LogP contribution in [0.5, 0.6) is 0 Å². The second-order valence-electron chi connectivity index (χ2n) is 5.83. The molecule has 0 unspecified atom stereocenters. The number of thiocarbonyl (C=S) groups is 1. The number of amides is 1. The van der Waals surface area contributed by atoms with Crippen molar-refractivity contribution >= 4 is 28.9 Å². The van der Waals surface area contributed by atoms with Gasteiger partial charge in [-0.2, -0.15) is 0 Å². The molecule has 1 atom stereocenters. The minimum Gasteiger partial charge on any atom is -0.378 e. The molecule has 132 valence electrons. The van der Waals surface area contributed by atoms with E-state index in [1.807, 2.05) is 0 Å². The molecule has 0 bridgehead atoms. The van der Waals surface area contributed by atoms with Gasteiger partial charge < -0.3 is 20.3 Å². The smallest absolute Gasteiger partial charge is 0.269 e. The Morgan fingerprint density at radius 2 is 2.12 bits per heavy atom. The van der Waals surface area contributed by atoms with Gasteiger partial charge in [0.25, 0.3) is 11.6 Å². The molecular formula is C16H18N4O4S. The van der Waals surface area contributed by atoms with E-state index in [-0.39, 0.29) is 11.6 Å². The third-order valence-corrected chi connectivity index (χ3v) is 4.43. The quantitative estimate of drug-likeness (QED) is 0.474. The number of carbonyl (C=O) groups is 1. The maximum absolute atomic E-state index is 13.0. The van der Waals surface area contributed by atoms with Crippen molar-refractivity contribution in [2.24, 2.45) is 0 Å². The van der Waals surface area contributed by atoms with Gasteiger partial charge >= 0.3 is 0 Å². The molecule has 2 heterocycles. The number of nitrogens with zero attached hydrogens (tertiary/aromatic N) is 2. The number of ether oxygens (including phenoxy) is 1. The van der Waals surface area contributed by atoms with E-state index in [2.05, 4.69) is 10.6 Å². The minimum atomic E-state index is -0.538. The molecule has 0 spiro atoms. The van der Waals surface area contributed by atoms with Gasteiger partial charge in [-0.1, -0.05) is 12.1 Å². The van der Waals surface area contributed by atoms with Gasteiger partial charge in [0.2, 0.25) is 0 Å². The molecule has 1 aromatic rings. The maximum Gasteiger partial charge on any atom is 0.269 e. The summed E-state index contributed by atoms with van der Waals surface area (Å²) >= 11 is 5.21. The van der Waals surface area contributed by atoms with Crippen molar-refractivity contribution in [3.63, 3.8) is 0 Å². The summed E-state index contributed by atoms with van der Waals surface area (Å²) in [5, 5.41) is 17.5. The fourth-order valence-electron chi connectivity index (χ4n) is 2.98. The monoisotopic (exact) mass is 362 g/mol. The number of rotatable bonds is 3. The summed E-state index contributed by atoms with van der Waals surface area (Å²) < 4.78 is 5.30. The number of benzene rings is 1. The molecule has 0 aromatic heterocycles. The largest absolute Gasteiger partial charge is 0.378 e. The number of nitro benzene ring substituents is 1. The summed E-state index contributed by atoms with van der Waals surface area (Å²) in [5.41, 5.74) is 1.75. The molecule has 2 aliphatic heterocycles. The summed E-state index contributed by atoms with van der Waals surface area (Å²) in [7, 11) is 0. The predicted octanol–water partition coefficient (Wildman–Crippen LogP) is 1.25. The summed E-state index contributed by atoms with van der Waals surface area (Å²) in [6.07, 6.45) is 0. The third kappa shape index (κ3) is 3.62. The Kier molecular flexibility index (Phi) is 4.95. The number of morpholine rings is 1. The fraction of sp³-hybridized carbons (Fsp3) is 0.375. The highest BCUT2D eigenvalue weighted by Crippen LogP contribution is 2.30. The standard InChI is InChI=1S/C16H18N4O4S/c1-10-13(15(21)19-5-7-24-8-6-19)14(18-16(25)17-10)11-3-2-4-12(9-11)20(22)23/h2-4,9,14H,5-8H2,1H3,(H2,17,18,25)/t14-/m0/s1. The molecule has 0 aliphatic carbocycles. The second kappa shape index (κ2) is 7.16. The lowest BCUT2D eigenvalue weighted by Gasteiger charge is -2.34. The van der Waals surface area contributed by atoms with Crippen LogP contribution in [0.1, 0.15) is 18.5 Å². The number of nitro groups is 1. The first-order valence-corrected chi connectivity index (χ1v) is 8.28. The zero-order chi connectivity index (χ0) is 18.0. The zero-order valence-corrected chi connectivity index (χ0v) is 14.5. The number of hydrogen-bond donors (Lipinski definition) is 2. The van der Waals surface area contributed by atoms with Crippen LogP contribution >= 0.6 is 12.2 Å². The number of hydrogen-bond acceptors (Lipinski definition) is 5.